The third-order valence-electron chi connectivity index (χ3n) is 2.10. The van der Waals surface area contributed by atoms with Crippen LogP contribution in [0.4, 0.5) is 0 Å². The fraction of sp³-hybridized carbons (Fsp3) is 0.385. The van der Waals surface area contributed by atoms with Gasteiger partial charge in [-0.1, -0.05) is 24.6 Å². The first kappa shape index (κ1) is 10.8. The van der Waals surface area contributed by atoms with Crippen molar-refractivity contribution < 1.29 is 4.74 Å². The van der Waals surface area contributed by atoms with Crippen LogP contribution in [0.1, 0.15) is 25.8 Å². The highest BCUT2D eigenvalue weighted by molar-refractivity contribution is 5.28. The van der Waals surface area contributed by atoms with Gasteiger partial charge in [0.05, 0.1) is 6.61 Å². The summed E-state index contributed by atoms with van der Waals surface area (Å²) in [5.41, 5.74) is 2.48. The molecule has 0 saturated heterocycles. The molecule has 0 aliphatic heterocycles. The number of hydrogen-bond donors (Lipinski definition) is 0. The molecule has 0 fully saturated rings. The van der Waals surface area contributed by atoms with E-state index in [9.17, 15) is 0 Å². The summed E-state index contributed by atoms with van der Waals surface area (Å²) in [5.74, 6) is 0.964. The van der Waals surface area contributed by atoms with Crippen molar-refractivity contribution in [3.8, 4) is 5.75 Å². The van der Waals surface area contributed by atoms with E-state index in [2.05, 4.69) is 25.6 Å². The summed E-state index contributed by atoms with van der Waals surface area (Å²) in [5, 5.41) is 0. The Hall–Kier alpha value is -1.24. The van der Waals surface area contributed by atoms with Crippen molar-refractivity contribution in [2.75, 3.05) is 6.61 Å². The van der Waals surface area contributed by atoms with Crippen LogP contribution in [0, 0.1) is 0 Å². The topological polar surface area (TPSA) is 9.23 Å². The molecule has 0 aliphatic carbocycles. The fourth-order valence-electron chi connectivity index (χ4n) is 1.20. The van der Waals surface area contributed by atoms with Gasteiger partial charge >= 0.3 is 0 Å². The number of ether oxygens (including phenoxy) is 1. The van der Waals surface area contributed by atoms with Crippen LogP contribution in [-0.4, -0.2) is 6.61 Å². The van der Waals surface area contributed by atoms with Gasteiger partial charge in [-0.05, 0) is 31.0 Å². The van der Waals surface area contributed by atoms with E-state index in [0.717, 1.165) is 30.8 Å². The molecule has 0 amide bonds. The van der Waals surface area contributed by atoms with Crippen LogP contribution in [0.25, 0.3) is 0 Å². The van der Waals surface area contributed by atoms with Gasteiger partial charge in [0.25, 0.3) is 0 Å². The first-order valence-electron chi connectivity index (χ1n) is 5.08. The average Bonchev–Trinajstić information content (AvgIpc) is 2.18. The molecule has 0 radical (unpaired) electrons. The zero-order chi connectivity index (χ0) is 10.4. The minimum absolute atomic E-state index is 0.725. The van der Waals surface area contributed by atoms with Crippen LogP contribution < -0.4 is 4.74 Å². The molecular formula is C13H18O. The van der Waals surface area contributed by atoms with Gasteiger partial charge < -0.3 is 4.74 Å². The molecular weight excluding hydrogens is 172 g/mol. The molecule has 1 nitrogen and oxygen atoms in total. The van der Waals surface area contributed by atoms with Crippen LogP contribution in [0.2, 0.25) is 0 Å². The normalized spacial score (nSPS) is 9.86. The minimum Gasteiger partial charge on any atom is -0.493 e. The molecule has 0 spiro atoms. The fourth-order valence-corrected chi connectivity index (χ4v) is 1.20. The van der Waals surface area contributed by atoms with Gasteiger partial charge in [-0.3, -0.25) is 0 Å². The highest BCUT2D eigenvalue weighted by atomic mass is 16.5. The Morgan fingerprint density at radius 1 is 1.43 bits per heavy atom. The molecule has 0 aliphatic rings. The average molecular weight is 190 g/mol. The summed E-state index contributed by atoms with van der Waals surface area (Å²) in [7, 11) is 0. The van der Waals surface area contributed by atoms with Gasteiger partial charge in [-0.15, -0.1) is 6.58 Å². The van der Waals surface area contributed by atoms with Gasteiger partial charge in [0.15, 0.2) is 0 Å². The zero-order valence-electron chi connectivity index (χ0n) is 9.05. The molecule has 1 rings (SSSR count). The van der Waals surface area contributed by atoms with Crippen LogP contribution >= 0.6 is 0 Å². The lowest BCUT2D eigenvalue weighted by atomic mass is 10.2. The molecule has 0 saturated carbocycles. The second-order valence-electron chi connectivity index (χ2n) is 3.56. The van der Waals surface area contributed by atoms with Crippen LogP contribution in [-0.2, 0) is 6.42 Å². The SMILES string of the molecule is C=C(C)CCOc1cccc(CC)c1. The summed E-state index contributed by atoms with van der Waals surface area (Å²) in [6.45, 7) is 8.73. The monoisotopic (exact) mass is 190 g/mol. The Kier molecular flexibility index (Phi) is 4.24. The predicted molar refractivity (Wildman–Crippen MR) is 60.7 cm³/mol. The molecule has 14 heavy (non-hydrogen) atoms. The Morgan fingerprint density at radius 2 is 2.21 bits per heavy atom. The third-order valence-corrected chi connectivity index (χ3v) is 2.10. The van der Waals surface area contributed by atoms with E-state index in [1.807, 2.05) is 19.1 Å². The lowest BCUT2D eigenvalue weighted by molar-refractivity contribution is 0.321. The van der Waals surface area contributed by atoms with Gasteiger partial charge in [-0.25, -0.2) is 0 Å². The van der Waals surface area contributed by atoms with Crippen molar-refractivity contribution in [2.45, 2.75) is 26.7 Å². The number of aryl methyl sites for hydroxylation is 1. The van der Waals surface area contributed by atoms with E-state index < -0.39 is 0 Å². The van der Waals surface area contributed by atoms with Crippen molar-refractivity contribution in [1.82, 2.24) is 0 Å². The first-order valence-corrected chi connectivity index (χ1v) is 5.08. The first-order chi connectivity index (χ1) is 6.72. The Balaban J connectivity index is 2.46. The van der Waals surface area contributed by atoms with Crippen LogP contribution in [0.3, 0.4) is 0 Å². The molecule has 1 aromatic carbocycles. The summed E-state index contributed by atoms with van der Waals surface area (Å²) in [6.07, 6.45) is 1.98. The maximum atomic E-state index is 5.60. The van der Waals surface area contributed by atoms with Crippen LogP contribution in [0.5, 0.6) is 5.75 Å². The van der Waals surface area contributed by atoms with Gasteiger partial charge in [-0.2, -0.15) is 0 Å². The lowest BCUT2D eigenvalue weighted by Crippen LogP contribution is -1.97. The quantitative estimate of drug-likeness (QED) is 0.645. The maximum Gasteiger partial charge on any atom is 0.119 e. The highest BCUT2D eigenvalue weighted by Gasteiger charge is 1.95. The third kappa shape index (κ3) is 3.65. The van der Waals surface area contributed by atoms with Crippen molar-refractivity contribution >= 4 is 0 Å². The molecule has 0 N–H and O–H groups in total. The zero-order valence-corrected chi connectivity index (χ0v) is 9.05. The second-order valence-corrected chi connectivity index (χ2v) is 3.56. The molecule has 0 heterocycles. The Labute approximate surface area is 86.4 Å². The van der Waals surface area contributed by atoms with Gasteiger partial charge in [0, 0.05) is 6.42 Å². The number of hydrogen-bond acceptors (Lipinski definition) is 1. The van der Waals surface area contributed by atoms with E-state index in [0.29, 0.717) is 0 Å². The molecule has 0 unspecified atom stereocenters. The molecule has 76 valence electrons. The maximum absolute atomic E-state index is 5.60. The smallest absolute Gasteiger partial charge is 0.119 e. The Morgan fingerprint density at radius 3 is 2.86 bits per heavy atom. The molecule has 1 heteroatoms. The van der Waals surface area contributed by atoms with Gasteiger partial charge in [0.2, 0.25) is 0 Å². The molecule has 1 aromatic rings. The molecule has 0 atom stereocenters. The summed E-state index contributed by atoms with van der Waals surface area (Å²) >= 11 is 0. The predicted octanol–water partition coefficient (Wildman–Crippen LogP) is 3.59. The largest absolute Gasteiger partial charge is 0.493 e. The van der Waals surface area contributed by atoms with Crippen molar-refractivity contribution in [3.63, 3.8) is 0 Å². The molecule has 0 aromatic heterocycles. The van der Waals surface area contributed by atoms with E-state index in [4.69, 9.17) is 4.74 Å². The van der Waals surface area contributed by atoms with E-state index >= 15 is 0 Å². The number of rotatable bonds is 5. The summed E-state index contributed by atoms with van der Waals surface area (Å²) in [4.78, 5) is 0. The summed E-state index contributed by atoms with van der Waals surface area (Å²) in [6, 6.07) is 8.25. The van der Waals surface area contributed by atoms with E-state index in [-0.39, 0.29) is 0 Å². The number of benzene rings is 1. The highest BCUT2D eigenvalue weighted by Crippen LogP contribution is 2.14. The standard InChI is InChI=1S/C13H18O/c1-4-12-6-5-7-13(10-12)14-9-8-11(2)3/h5-7,10H,2,4,8-9H2,1,3H3. The van der Waals surface area contributed by atoms with E-state index in [1.165, 1.54) is 5.56 Å². The van der Waals surface area contributed by atoms with Crippen molar-refractivity contribution in [2.24, 2.45) is 0 Å². The van der Waals surface area contributed by atoms with E-state index in [1.54, 1.807) is 0 Å². The summed E-state index contributed by atoms with van der Waals surface area (Å²) < 4.78 is 5.60. The van der Waals surface area contributed by atoms with Gasteiger partial charge in [0.1, 0.15) is 5.75 Å². The second kappa shape index (κ2) is 5.48. The molecule has 0 bridgehead atoms. The van der Waals surface area contributed by atoms with Crippen LogP contribution in [0.15, 0.2) is 36.4 Å². The Bertz CT molecular complexity index is 302. The minimum atomic E-state index is 0.725. The lowest BCUT2D eigenvalue weighted by Gasteiger charge is -2.06. The van der Waals surface area contributed by atoms with Crippen molar-refractivity contribution in [1.29, 1.82) is 0 Å². The van der Waals surface area contributed by atoms with Crippen molar-refractivity contribution in [3.05, 3.63) is 42.0 Å².